The minimum atomic E-state index is -0.0413. The summed E-state index contributed by atoms with van der Waals surface area (Å²) >= 11 is 0. The summed E-state index contributed by atoms with van der Waals surface area (Å²) in [5.41, 5.74) is 1.17. The quantitative estimate of drug-likeness (QED) is 0.843. The maximum atomic E-state index is 12.2. The summed E-state index contributed by atoms with van der Waals surface area (Å²) in [5.74, 6) is 1.29. The number of carbonyl (C=O) groups excluding carboxylic acids is 1. The summed E-state index contributed by atoms with van der Waals surface area (Å²) < 4.78 is 15.9. The molecule has 2 aliphatic rings. The Bertz CT molecular complexity index is 620. The molecule has 1 atom stereocenters. The van der Waals surface area contributed by atoms with Crippen molar-refractivity contribution < 1.29 is 19.0 Å². The SMILES string of the molecule is COc1ccc(/C=C/C(=O)NC2CCC23CCOCC3)cc1OC. The van der Waals surface area contributed by atoms with Gasteiger partial charge in [-0.15, -0.1) is 0 Å². The molecule has 130 valence electrons. The molecule has 2 fully saturated rings. The van der Waals surface area contributed by atoms with Crippen molar-refractivity contribution in [1.82, 2.24) is 5.32 Å². The van der Waals surface area contributed by atoms with E-state index < -0.39 is 0 Å². The van der Waals surface area contributed by atoms with Gasteiger partial charge in [0.25, 0.3) is 0 Å². The fourth-order valence-electron chi connectivity index (χ4n) is 3.65. The van der Waals surface area contributed by atoms with Gasteiger partial charge in [0.05, 0.1) is 14.2 Å². The van der Waals surface area contributed by atoms with Crippen LogP contribution in [0.5, 0.6) is 11.5 Å². The van der Waals surface area contributed by atoms with Crippen LogP contribution >= 0.6 is 0 Å². The number of benzene rings is 1. The molecule has 24 heavy (non-hydrogen) atoms. The summed E-state index contributed by atoms with van der Waals surface area (Å²) in [7, 11) is 3.20. The highest BCUT2D eigenvalue weighted by atomic mass is 16.5. The van der Waals surface area contributed by atoms with Gasteiger partial charge in [-0.25, -0.2) is 0 Å². The van der Waals surface area contributed by atoms with E-state index in [0.29, 0.717) is 11.5 Å². The highest BCUT2D eigenvalue weighted by Crippen LogP contribution is 2.48. The number of hydrogen-bond acceptors (Lipinski definition) is 4. The van der Waals surface area contributed by atoms with Gasteiger partial charge in [-0.1, -0.05) is 6.07 Å². The zero-order chi connectivity index (χ0) is 17.0. The van der Waals surface area contributed by atoms with Crippen LogP contribution in [0.25, 0.3) is 6.08 Å². The molecule has 3 rings (SSSR count). The predicted octanol–water partition coefficient (Wildman–Crippen LogP) is 2.79. The molecule has 1 amide bonds. The van der Waals surface area contributed by atoms with Crippen molar-refractivity contribution in [2.75, 3.05) is 27.4 Å². The molecule has 1 aromatic carbocycles. The van der Waals surface area contributed by atoms with Gasteiger partial charge in [-0.05, 0) is 54.9 Å². The van der Waals surface area contributed by atoms with Crippen LogP contribution < -0.4 is 14.8 Å². The Kier molecular flexibility index (Phi) is 5.09. The highest BCUT2D eigenvalue weighted by Gasteiger charge is 2.47. The van der Waals surface area contributed by atoms with Crippen molar-refractivity contribution in [1.29, 1.82) is 0 Å². The molecule has 0 bridgehead atoms. The molecule has 1 saturated heterocycles. The Morgan fingerprint density at radius 3 is 2.58 bits per heavy atom. The van der Waals surface area contributed by atoms with Crippen molar-refractivity contribution in [2.45, 2.75) is 31.7 Å². The lowest BCUT2D eigenvalue weighted by atomic mass is 9.60. The fourth-order valence-corrected chi connectivity index (χ4v) is 3.65. The van der Waals surface area contributed by atoms with E-state index in [0.717, 1.165) is 38.0 Å². The lowest BCUT2D eigenvalue weighted by Crippen LogP contribution is -2.56. The minimum Gasteiger partial charge on any atom is -0.493 e. The van der Waals surface area contributed by atoms with E-state index >= 15 is 0 Å². The van der Waals surface area contributed by atoms with Crippen molar-refractivity contribution in [3.63, 3.8) is 0 Å². The standard InChI is InChI=1S/C19H25NO4/c1-22-15-5-3-14(13-16(15)23-2)4-6-18(21)20-17-7-8-19(17)9-11-24-12-10-19/h3-6,13,17H,7-12H2,1-2H3,(H,20,21)/b6-4+. The Balaban J connectivity index is 1.59. The zero-order valence-electron chi connectivity index (χ0n) is 14.3. The van der Waals surface area contributed by atoms with Gasteiger partial charge in [0.15, 0.2) is 11.5 Å². The molecule has 1 aliphatic heterocycles. The fraction of sp³-hybridized carbons (Fsp3) is 0.526. The Hall–Kier alpha value is -2.01. The zero-order valence-corrected chi connectivity index (χ0v) is 14.3. The molecule has 0 aromatic heterocycles. The summed E-state index contributed by atoms with van der Waals surface area (Å²) in [6, 6.07) is 5.86. The molecule has 5 heteroatoms. The molecule has 5 nitrogen and oxygen atoms in total. The molecule has 1 unspecified atom stereocenters. The van der Waals surface area contributed by atoms with Crippen LogP contribution in [-0.4, -0.2) is 39.4 Å². The normalized spacial score (nSPS) is 22.2. The van der Waals surface area contributed by atoms with Crippen LogP contribution in [-0.2, 0) is 9.53 Å². The van der Waals surface area contributed by atoms with Gasteiger partial charge in [-0.2, -0.15) is 0 Å². The lowest BCUT2D eigenvalue weighted by molar-refractivity contribution is -0.122. The van der Waals surface area contributed by atoms with Crippen LogP contribution in [0.2, 0.25) is 0 Å². The van der Waals surface area contributed by atoms with E-state index in [1.807, 2.05) is 18.2 Å². The number of amides is 1. The van der Waals surface area contributed by atoms with Crippen LogP contribution in [0.3, 0.4) is 0 Å². The minimum absolute atomic E-state index is 0.0413. The van der Waals surface area contributed by atoms with E-state index in [1.54, 1.807) is 26.4 Å². The van der Waals surface area contributed by atoms with E-state index in [1.165, 1.54) is 6.42 Å². The van der Waals surface area contributed by atoms with Gasteiger partial charge in [0.2, 0.25) is 5.91 Å². The number of ether oxygens (including phenoxy) is 3. The number of carbonyl (C=O) groups is 1. The molecule has 1 spiro atoms. The second kappa shape index (κ2) is 7.26. The summed E-state index contributed by atoms with van der Waals surface area (Å²) in [6.07, 6.45) is 7.75. The number of methoxy groups -OCH3 is 2. The highest BCUT2D eigenvalue weighted by molar-refractivity contribution is 5.92. The van der Waals surface area contributed by atoms with Crippen LogP contribution in [0.15, 0.2) is 24.3 Å². The topological polar surface area (TPSA) is 56.8 Å². The van der Waals surface area contributed by atoms with E-state index in [-0.39, 0.29) is 17.4 Å². The van der Waals surface area contributed by atoms with Crippen LogP contribution in [0, 0.1) is 5.41 Å². The van der Waals surface area contributed by atoms with Gasteiger partial charge in [-0.3, -0.25) is 4.79 Å². The van der Waals surface area contributed by atoms with Crippen molar-refractivity contribution in [3.05, 3.63) is 29.8 Å². The van der Waals surface area contributed by atoms with Gasteiger partial charge >= 0.3 is 0 Å². The molecule has 1 aromatic rings. The van der Waals surface area contributed by atoms with Gasteiger partial charge < -0.3 is 19.5 Å². The van der Waals surface area contributed by atoms with Crippen molar-refractivity contribution >= 4 is 12.0 Å². The third-order valence-corrected chi connectivity index (χ3v) is 5.31. The molecule has 1 aliphatic carbocycles. The first-order valence-electron chi connectivity index (χ1n) is 8.45. The lowest BCUT2D eigenvalue weighted by Gasteiger charge is -2.51. The molecule has 1 heterocycles. The van der Waals surface area contributed by atoms with E-state index in [4.69, 9.17) is 14.2 Å². The second-order valence-electron chi connectivity index (χ2n) is 6.52. The summed E-state index contributed by atoms with van der Waals surface area (Å²) in [4.78, 5) is 12.2. The predicted molar refractivity (Wildman–Crippen MR) is 92.2 cm³/mol. The Morgan fingerprint density at radius 2 is 1.96 bits per heavy atom. The number of rotatable bonds is 5. The number of hydrogen-bond donors (Lipinski definition) is 1. The van der Waals surface area contributed by atoms with Crippen LogP contribution in [0.4, 0.5) is 0 Å². The van der Waals surface area contributed by atoms with E-state index in [9.17, 15) is 4.79 Å². The Labute approximate surface area is 143 Å². The molecular weight excluding hydrogens is 306 g/mol. The van der Waals surface area contributed by atoms with Crippen molar-refractivity contribution in [2.24, 2.45) is 5.41 Å². The molecule has 1 saturated carbocycles. The largest absolute Gasteiger partial charge is 0.493 e. The maximum absolute atomic E-state index is 12.2. The Morgan fingerprint density at radius 1 is 1.21 bits per heavy atom. The first-order valence-corrected chi connectivity index (χ1v) is 8.45. The van der Waals surface area contributed by atoms with Crippen molar-refractivity contribution in [3.8, 4) is 11.5 Å². The smallest absolute Gasteiger partial charge is 0.244 e. The number of nitrogens with one attached hydrogen (secondary N) is 1. The molecule has 0 radical (unpaired) electrons. The van der Waals surface area contributed by atoms with Gasteiger partial charge in [0.1, 0.15) is 0 Å². The maximum Gasteiger partial charge on any atom is 0.244 e. The average Bonchev–Trinajstić information content (AvgIpc) is 2.64. The average molecular weight is 331 g/mol. The second-order valence-corrected chi connectivity index (χ2v) is 6.52. The third-order valence-electron chi connectivity index (χ3n) is 5.31. The first kappa shape index (κ1) is 16.8. The monoisotopic (exact) mass is 331 g/mol. The molecular formula is C19H25NO4. The third kappa shape index (κ3) is 3.41. The summed E-state index contributed by atoms with van der Waals surface area (Å²) in [6.45, 7) is 1.63. The summed E-state index contributed by atoms with van der Waals surface area (Å²) in [5, 5.41) is 3.16. The van der Waals surface area contributed by atoms with E-state index in [2.05, 4.69) is 5.32 Å². The van der Waals surface area contributed by atoms with Crippen LogP contribution in [0.1, 0.15) is 31.2 Å². The first-order chi connectivity index (χ1) is 11.7. The molecule has 1 N–H and O–H groups in total. The van der Waals surface area contributed by atoms with Gasteiger partial charge in [0, 0.05) is 25.3 Å².